The van der Waals surface area contributed by atoms with Gasteiger partial charge in [-0.05, 0) is 30.3 Å². The molecule has 0 N–H and O–H groups in total. The van der Waals surface area contributed by atoms with Crippen LogP contribution in [0.4, 0.5) is 17.6 Å². The summed E-state index contributed by atoms with van der Waals surface area (Å²) in [7, 11) is 0. The smallest absolute Gasteiger partial charge is 0.406 e. The van der Waals surface area contributed by atoms with E-state index in [0.717, 1.165) is 18.2 Å². The van der Waals surface area contributed by atoms with Crippen LogP contribution in [0, 0.1) is 5.82 Å². The van der Waals surface area contributed by atoms with Gasteiger partial charge in [-0.1, -0.05) is 23.7 Å². The molecule has 0 radical (unpaired) electrons. The van der Waals surface area contributed by atoms with Crippen LogP contribution < -0.4 is 4.74 Å². The van der Waals surface area contributed by atoms with Gasteiger partial charge in [0.2, 0.25) is 0 Å². The molecule has 21 heavy (non-hydrogen) atoms. The first-order valence-corrected chi connectivity index (χ1v) is 5.99. The number of rotatable bonds is 3. The van der Waals surface area contributed by atoms with Gasteiger partial charge in [0.15, 0.2) is 5.78 Å². The molecule has 0 bridgehead atoms. The molecule has 0 spiro atoms. The molecule has 0 saturated carbocycles. The largest absolute Gasteiger partial charge is 0.573 e. The second-order valence-corrected chi connectivity index (χ2v) is 4.44. The maximum absolute atomic E-state index is 13.3. The van der Waals surface area contributed by atoms with Crippen molar-refractivity contribution < 1.29 is 27.1 Å². The molecule has 0 aliphatic carbocycles. The Balaban J connectivity index is 2.31. The van der Waals surface area contributed by atoms with Gasteiger partial charge in [-0.25, -0.2) is 4.39 Å². The molecule has 0 fully saturated rings. The number of ether oxygens (including phenoxy) is 1. The Labute approximate surface area is 121 Å². The van der Waals surface area contributed by atoms with Gasteiger partial charge in [0.25, 0.3) is 0 Å². The lowest BCUT2D eigenvalue weighted by Gasteiger charge is -2.09. The van der Waals surface area contributed by atoms with Gasteiger partial charge in [-0.15, -0.1) is 13.2 Å². The SMILES string of the molecule is O=C(c1cccc(OC(F)(F)F)c1)c1ccc(Cl)c(F)c1. The van der Waals surface area contributed by atoms with Crippen molar-refractivity contribution >= 4 is 17.4 Å². The molecular formula is C14H7ClF4O2. The van der Waals surface area contributed by atoms with E-state index in [2.05, 4.69) is 4.74 Å². The van der Waals surface area contributed by atoms with E-state index in [0.29, 0.717) is 0 Å². The van der Waals surface area contributed by atoms with E-state index in [1.807, 2.05) is 0 Å². The summed E-state index contributed by atoms with van der Waals surface area (Å²) in [4.78, 5) is 12.1. The topological polar surface area (TPSA) is 26.3 Å². The summed E-state index contributed by atoms with van der Waals surface area (Å²) in [5.41, 5.74) is -0.0838. The molecule has 2 aromatic carbocycles. The Morgan fingerprint density at radius 2 is 1.71 bits per heavy atom. The van der Waals surface area contributed by atoms with Crippen molar-refractivity contribution in [3.05, 3.63) is 64.4 Å². The summed E-state index contributed by atoms with van der Waals surface area (Å²) in [6.45, 7) is 0. The minimum absolute atomic E-state index is 0.0268. The van der Waals surface area contributed by atoms with Crippen LogP contribution in [0.3, 0.4) is 0 Å². The molecule has 7 heteroatoms. The van der Waals surface area contributed by atoms with Crippen molar-refractivity contribution in [2.24, 2.45) is 0 Å². The van der Waals surface area contributed by atoms with Crippen molar-refractivity contribution in [3.63, 3.8) is 0 Å². The number of carbonyl (C=O) groups excluding carboxylic acids is 1. The Hall–Kier alpha value is -2.08. The molecule has 0 heterocycles. The van der Waals surface area contributed by atoms with Crippen LogP contribution in [-0.4, -0.2) is 12.1 Å². The van der Waals surface area contributed by atoms with Crippen molar-refractivity contribution in [2.75, 3.05) is 0 Å². The fourth-order valence-corrected chi connectivity index (χ4v) is 1.76. The van der Waals surface area contributed by atoms with Crippen molar-refractivity contribution in [1.29, 1.82) is 0 Å². The number of benzene rings is 2. The normalized spacial score (nSPS) is 11.3. The lowest BCUT2D eigenvalue weighted by Crippen LogP contribution is -2.17. The van der Waals surface area contributed by atoms with Crippen LogP contribution in [0.15, 0.2) is 42.5 Å². The standard InChI is InChI=1S/C14H7ClF4O2/c15-11-5-4-9(7-12(11)16)13(20)8-2-1-3-10(6-8)21-14(17,18)19/h1-7H. The lowest BCUT2D eigenvalue weighted by molar-refractivity contribution is -0.274. The highest BCUT2D eigenvalue weighted by Crippen LogP contribution is 2.25. The first-order chi connectivity index (χ1) is 9.76. The summed E-state index contributed by atoms with van der Waals surface area (Å²) < 4.78 is 53.4. The monoisotopic (exact) mass is 318 g/mol. The Morgan fingerprint density at radius 3 is 2.33 bits per heavy atom. The zero-order valence-corrected chi connectivity index (χ0v) is 11.0. The van der Waals surface area contributed by atoms with Crippen LogP contribution in [0.2, 0.25) is 5.02 Å². The number of hydrogen-bond donors (Lipinski definition) is 0. The third kappa shape index (κ3) is 3.95. The first-order valence-electron chi connectivity index (χ1n) is 5.62. The van der Waals surface area contributed by atoms with E-state index in [9.17, 15) is 22.4 Å². The maximum atomic E-state index is 13.3. The van der Waals surface area contributed by atoms with Crippen molar-refractivity contribution in [1.82, 2.24) is 0 Å². The summed E-state index contributed by atoms with van der Waals surface area (Å²) >= 11 is 5.50. The second kappa shape index (κ2) is 5.73. The predicted molar refractivity (Wildman–Crippen MR) is 68.0 cm³/mol. The van der Waals surface area contributed by atoms with Gasteiger partial charge < -0.3 is 4.74 Å². The molecule has 2 rings (SSSR count). The lowest BCUT2D eigenvalue weighted by atomic mass is 10.0. The number of alkyl halides is 3. The van der Waals surface area contributed by atoms with Crippen LogP contribution in [0.25, 0.3) is 0 Å². The zero-order valence-electron chi connectivity index (χ0n) is 10.2. The van der Waals surface area contributed by atoms with E-state index in [1.165, 1.54) is 24.3 Å². The molecule has 0 aromatic heterocycles. The van der Waals surface area contributed by atoms with Gasteiger partial charge in [-0.2, -0.15) is 0 Å². The van der Waals surface area contributed by atoms with Crippen molar-refractivity contribution in [3.8, 4) is 5.75 Å². The third-order valence-electron chi connectivity index (χ3n) is 2.51. The third-order valence-corrected chi connectivity index (χ3v) is 2.82. The quantitative estimate of drug-likeness (QED) is 0.610. The van der Waals surface area contributed by atoms with Crippen LogP contribution >= 0.6 is 11.6 Å². The van der Waals surface area contributed by atoms with Gasteiger partial charge >= 0.3 is 6.36 Å². The van der Waals surface area contributed by atoms with Crippen LogP contribution in [0.5, 0.6) is 5.75 Å². The molecule has 2 aromatic rings. The Kier molecular flexibility index (Phi) is 4.18. The number of halogens is 5. The molecule has 0 aliphatic rings. The highest BCUT2D eigenvalue weighted by molar-refractivity contribution is 6.30. The van der Waals surface area contributed by atoms with E-state index in [-0.39, 0.29) is 16.1 Å². The summed E-state index contributed by atoms with van der Waals surface area (Å²) in [6.07, 6.45) is -4.85. The van der Waals surface area contributed by atoms with Gasteiger partial charge in [0, 0.05) is 11.1 Å². The maximum Gasteiger partial charge on any atom is 0.573 e. The molecule has 0 aliphatic heterocycles. The van der Waals surface area contributed by atoms with E-state index >= 15 is 0 Å². The molecule has 0 atom stereocenters. The van der Waals surface area contributed by atoms with Crippen LogP contribution in [0.1, 0.15) is 15.9 Å². The average Bonchev–Trinajstić information content (AvgIpc) is 2.39. The summed E-state index contributed by atoms with van der Waals surface area (Å²) in [5.74, 6) is -1.95. The minimum Gasteiger partial charge on any atom is -0.406 e. The minimum atomic E-state index is -4.85. The predicted octanol–water partition coefficient (Wildman–Crippen LogP) is 4.61. The first kappa shape index (κ1) is 15.3. The fourth-order valence-electron chi connectivity index (χ4n) is 1.64. The fraction of sp³-hybridized carbons (Fsp3) is 0.0714. The van der Waals surface area contributed by atoms with Gasteiger partial charge in [-0.3, -0.25) is 4.79 Å². The van der Waals surface area contributed by atoms with Gasteiger partial charge in [0.1, 0.15) is 11.6 Å². The van der Waals surface area contributed by atoms with Crippen molar-refractivity contribution in [2.45, 2.75) is 6.36 Å². The van der Waals surface area contributed by atoms with E-state index < -0.39 is 23.7 Å². The summed E-state index contributed by atoms with van der Waals surface area (Å²) in [6, 6.07) is 7.93. The molecule has 110 valence electrons. The molecule has 2 nitrogen and oxygen atoms in total. The van der Waals surface area contributed by atoms with Gasteiger partial charge in [0.05, 0.1) is 5.02 Å². The Morgan fingerprint density at radius 1 is 1.05 bits per heavy atom. The summed E-state index contributed by atoms with van der Waals surface area (Å²) in [5, 5.41) is -0.152. The highest BCUT2D eigenvalue weighted by atomic mass is 35.5. The zero-order chi connectivity index (χ0) is 15.6. The van der Waals surface area contributed by atoms with E-state index in [1.54, 1.807) is 0 Å². The molecule has 0 unspecified atom stereocenters. The second-order valence-electron chi connectivity index (χ2n) is 4.03. The van der Waals surface area contributed by atoms with E-state index in [4.69, 9.17) is 11.6 Å². The molecule has 0 saturated heterocycles. The Bertz CT molecular complexity index is 683. The number of hydrogen-bond acceptors (Lipinski definition) is 2. The van der Waals surface area contributed by atoms with Crippen LogP contribution in [-0.2, 0) is 0 Å². The number of ketones is 1. The average molecular weight is 319 g/mol. The highest BCUT2D eigenvalue weighted by Gasteiger charge is 2.31. The molecular weight excluding hydrogens is 312 g/mol. The molecule has 0 amide bonds. The number of carbonyl (C=O) groups is 1.